The molecule has 0 aromatic rings. The smallest absolute Gasteiger partial charge is 0.187 e. The fourth-order valence-corrected chi connectivity index (χ4v) is 15.8. The van der Waals surface area contributed by atoms with E-state index in [2.05, 4.69) is 46.8 Å². The minimum absolute atomic E-state index is 0.113. The maximum Gasteiger partial charge on any atom is 0.187 e. The van der Waals surface area contributed by atoms with Crippen molar-refractivity contribution >= 4 is 0 Å². The molecule has 0 bridgehead atoms. The van der Waals surface area contributed by atoms with Crippen molar-refractivity contribution in [2.24, 2.45) is 44.3 Å². The normalized spacial score (nSPS) is 54.9. The molecule has 9 rings (SSSR count). The molecular weight excluding hydrogens is 985 g/mol. The van der Waals surface area contributed by atoms with Crippen LogP contribution in [0.3, 0.4) is 0 Å². The van der Waals surface area contributed by atoms with Gasteiger partial charge >= 0.3 is 0 Å². The number of fused-ring (bicyclic) bond motifs is 7. The molecule has 0 aromatic carbocycles. The third kappa shape index (κ3) is 9.47. The fraction of sp³-hybridized carbons (Fsp3) is 0.926. The van der Waals surface area contributed by atoms with Gasteiger partial charge in [0.2, 0.25) is 0 Å². The molecule has 4 aliphatic heterocycles. The van der Waals surface area contributed by atoms with Crippen LogP contribution in [0.4, 0.5) is 0 Å². The number of aliphatic hydroxyl groups excluding tert-OH is 13. The summed E-state index contributed by atoms with van der Waals surface area (Å²) < 4.78 is 49.3. The summed E-state index contributed by atoms with van der Waals surface area (Å²) >= 11 is 0. The Hall–Kier alpha value is -1.36. The van der Waals surface area contributed by atoms with Crippen LogP contribution in [0.2, 0.25) is 0 Å². The average Bonchev–Trinajstić information content (AvgIpc) is 3.37. The Labute approximate surface area is 439 Å². The van der Waals surface area contributed by atoms with E-state index in [1.165, 1.54) is 25.0 Å². The van der Waals surface area contributed by atoms with Crippen molar-refractivity contribution < 1.29 is 104 Å². The minimum Gasteiger partial charge on any atom is -0.396 e. The average molecular weight is 1070 g/mol. The summed E-state index contributed by atoms with van der Waals surface area (Å²) in [6.07, 6.45) is -21.2. The summed E-state index contributed by atoms with van der Waals surface area (Å²) in [4.78, 5) is 0. The van der Waals surface area contributed by atoms with Gasteiger partial charge in [-0.15, -0.1) is 0 Å². The van der Waals surface area contributed by atoms with Gasteiger partial charge in [-0.25, -0.2) is 0 Å². The Morgan fingerprint density at radius 3 is 1.69 bits per heavy atom. The highest BCUT2D eigenvalue weighted by Gasteiger charge is 2.68. The highest BCUT2D eigenvalue weighted by atomic mass is 16.8. The molecule has 0 amide bonds. The second-order valence-electron chi connectivity index (χ2n) is 25.7. The molecule has 21 heteroatoms. The first kappa shape index (κ1) is 58.3. The Morgan fingerprint density at radius 2 is 1.05 bits per heavy atom. The standard InChI is InChI=1S/C54H88O21/c1-24-33(59)36(62)39(65)45(68-24)73-42-29(21-56)71-47(41(67)38(42)64)74-43-34(60)25(2)69-48(44(43)75-46-40(66)37(63)35(61)28(20-55)70-46)72-32-12-13-50(5)30(51(32,6)22-57)11-14-53(8)31(50)10-9-26-27-19-49(3,4)15-17-54(27,23-58)18-16-52(26,53)7/h9-10,24-25,27-30,32-48,55-67H,11-23H2,1-8H3. The molecule has 13 N–H and O–H groups in total. The number of ether oxygens (including phenoxy) is 8. The molecule has 28 atom stereocenters. The van der Waals surface area contributed by atoms with E-state index in [1.54, 1.807) is 0 Å². The first-order chi connectivity index (χ1) is 35.2. The molecule has 0 radical (unpaired) electrons. The molecule has 4 saturated carbocycles. The summed E-state index contributed by atoms with van der Waals surface area (Å²) in [7, 11) is 0. The molecular formula is C54H88O21. The van der Waals surface area contributed by atoms with Gasteiger partial charge in [0.25, 0.3) is 0 Å². The predicted molar refractivity (Wildman–Crippen MR) is 261 cm³/mol. The van der Waals surface area contributed by atoms with Gasteiger partial charge in [0.15, 0.2) is 25.2 Å². The quantitative estimate of drug-likeness (QED) is 0.108. The first-order valence-electron chi connectivity index (χ1n) is 27.4. The lowest BCUT2D eigenvalue weighted by atomic mass is 9.36. The van der Waals surface area contributed by atoms with Gasteiger partial charge in [-0.2, -0.15) is 0 Å². The number of rotatable bonds is 12. The molecule has 0 aromatic heterocycles. The zero-order valence-corrected chi connectivity index (χ0v) is 44.7. The molecule has 9 aliphatic rings. The van der Waals surface area contributed by atoms with Gasteiger partial charge in [0.1, 0.15) is 85.5 Å². The number of hydrogen-bond acceptors (Lipinski definition) is 21. The van der Waals surface area contributed by atoms with Crippen molar-refractivity contribution in [3.05, 3.63) is 23.3 Å². The Balaban J connectivity index is 1.01. The maximum absolute atomic E-state index is 11.9. The summed E-state index contributed by atoms with van der Waals surface area (Å²) in [5, 5.41) is 143. The molecule has 4 saturated heterocycles. The van der Waals surface area contributed by atoms with Crippen LogP contribution in [0.25, 0.3) is 0 Å². The van der Waals surface area contributed by atoms with Crippen molar-refractivity contribution in [1.29, 1.82) is 0 Å². The lowest BCUT2D eigenvalue weighted by Crippen LogP contribution is -2.68. The van der Waals surface area contributed by atoms with Gasteiger partial charge < -0.3 is 104 Å². The van der Waals surface area contributed by atoms with E-state index < -0.39 is 148 Å². The van der Waals surface area contributed by atoms with Crippen molar-refractivity contribution in [1.82, 2.24) is 0 Å². The van der Waals surface area contributed by atoms with Crippen LogP contribution in [0, 0.1) is 44.3 Å². The molecule has 4 heterocycles. The van der Waals surface area contributed by atoms with Crippen LogP contribution in [0.15, 0.2) is 23.3 Å². The minimum atomic E-state index is -2.00. The second kappa shape index (κ2) is 21.2. The fourth-order valence-electron chi connectivity index (χ4n) is 15.8. The molecule has 8 fully saturated rings. The van der Waals surface area contributed by atoms with Crippen molar-refractivity contribution in [2.75, 3.05) is 26.4 Å². The van der Waals surface area contributed by atoms with Gasteiger partial charge in [0.05, 0.1) is 38.1 Å². The van der Waals surface area contributed by atoms with E-state index in [0.29, 0.717) is 12.8 Å². The molecule has 0 spiro atoms. The van der Waals surface area contributed by atoms with E-state index in [0.717, 1.165) is 44.9 Å². The Morgan fingerprint density at radius 1 is 0.493 bits per heavy atom. The zero-order chi connectivity index (χ0) is 54.7. The SMILES string of the molecule is CC1OC(OC2C(CO)OC(OC3C(O)C(C)OC(OC4CCC5(C)C6=CC=C7C8CC(C)(C)CCC8(CO)CCC7(C)C6(C)CCC5C4(C)CO)C3OC3OC(CO)C(O)C(O)C3O)C(O)C2O)C(O)C(O)C1O. The van der Waals surface area contributed by atoms with Crippen molar-refractivity contribution in [3.63, 3.8) is 0 Å². The van der Waals surface area contributed by atoms with Crippen LogP contribution in [-0.2, 0) is 37.9 Å². The summed E-state index contributed by atoms with van der Waals surface area (Å²) in [5.74, 6) is 0.158. The van der Waals surface area contributed by atoms with E-state index in [-0.39, 0.29) is 52.1 Å². The topological polar surface area (TPSA) is 337 Å². The van der Waals surface area contributed by atoms with Crippen LogP contribution >= 0.6 is 0 Å². The van der Waals surface area contributed by atoms with E-state index >= 15 is 0 Å². The molecule has 75 heavy (non-hydrogen) atoms. The Bertz CT molecular complexity index is 2070. The van der Waals surface area contributed by atoms with Crippen LogP contribution in [0.1, 0.15) is 113 Å². The van der Waals surface area contributed by atoms with Crippen molar-refractivity contribution in [2.45, 2.75) is 242 Å². The monoisotopic (exact) mass is 1070 g/mol. The van der Waals surface area contributed by atoms with Gasteiger partial charge in [-0.1, -0.05) is 64.8 Å². The lowest BCUT2D eigenvalue weighted by Gasteiger charge is -2.69. The molecule has 28 unspecified atom stereocenters. The van der Waals surface area contributed by atoms with E-state index in [1.807, 2.05) is 6.92 Å². The third-order valence-corrected chi connectivity index (χ3v) is 21.0. The second-order valence-corrected chi connectivity index (χ2v) is 25.7. The van der Waals surface area contributed by atoms with Crippen molar-refractivity contribution in [3.8, 4) is 0 Å². The van der Waals surface area contributed by atoms with Crippen LogP contribution in [0.5, 0.6) is 0 Å². The molecule has 5 aliphatic carbocycles. The number of allylic oxidation sites excluding steroid dienone is 4. The highest BCUT2D eigenvalue weighted by Crippen LogP contribution is 2.75. The third-order valence-electron chi connectivity index (χ3n) is 21.0. The largest absolute Gasteiger partial charge is 0.396 e. The van der Waals surface area contributed by atoms with Gasteiger partial charge in [0, 0.05) is 17.4 Å². The summed E-state index contributed by atoms with van der Waals surface area (Å²) in [5.41, 5.74) is 1.15. The highest BCUT2D eigenvalue weighted by molar-refractivity contribution is 5.46. The summed E-state index contributed by atoms with van der Waals surface area (Å²) in [6, 6.07) is 0. The van der Waals surface area contributed by atoms with E-state index in [4.69, 9.17) is 37.9 Å². The number of aliphatic hydroxyl groups is 13. The van der Waals surface area contributed by atoms with Crippen LogP contribution in [-0.4, -0.2) is 222 Å². The maximum atomic E-state index is 11.9. The summed E-state index contributed by atoms with van der Waals surface area (Å²) in [6.45, 7) is 15.1. The zero-order valence-electron chi connectivity index (χ0n) is 44.7. The molecule has 21 nitrogen and oxygen atoms in total. The first-order valence-corrected chi connectivity index (χ1v) is 27.4. The lowest BCUT2D eigenvalue weighted by molar-refractivity contribution is -0.402. The predicted octanol–water partition coefficient (Wildman–Crippen LogP) is -0.614. The van der Waals surface area contributed by atoms with E-state index in [9.17, 15) is 66.4 Å². The van der Waals surface area contributed by atoms with Crippen LogP contribution < -0.4 is 0 Å². The number of hydrogen-bond donors (Lipinski definition) is 13. The van der Waals surface area contributed by atoms with Gasteiger partial charge in [-0.05, 0) is 105 Å². The van der Waals surface area contributed by atoms with Gasteiger partial charge in [-0.3, -0.25) is 0 Å². The molecule has 430 valence electrons. The Kier molecular flexibility index (Phi) is 16.5.